The Morgan fingerprint density at radius 1 is 1.33 bits per heavy atom. The zero-order valence-corrected chi connectivity index (χ0v) is 14.2. The maximum Gasteiger partial charge on any atom is 0.261 e. The Hall–Kier alpha value is -1.14. The Bertz CT molecular complexity index is 666. The van der Waals surface area contributed by atoms with Gasteiger partial charge in [0.2, 0.25) is 0 Å². The van der Waals surface area contributed by atoms with Crippen LogP contribution in [-0.2, 0) is 9.05 Å². The first-order valence-corrected chi connectivity index (χ1v) is 8.70. The van der Waals surface area contributed by atoms with Gasteiger partial charge < -0.3 is 5.32 Å². The van der Waals surface area contributed by atoms with Crippen molar-refractivity contribution in [1.29, 1.82) is 0 Å². The molecular formula is C14H19ClFNO3S. The van der Waals surface area contributed by atoms with Gasteiger partial charge in [-0.1, -0.05) is 20.8 Å². The van der Waals surface area contributed by atoms with Gasteiger partial charge in [-0.3, -0.25) is 4.79 Å². The summed E-state index contributed by atoms with van der Waals surface area (Å²) in [6, 6.07) is 1.64. The number of carbonyl (C=O) groups is 1. The normalized spacial score (nSPS) is 13.9. The van der Waals surface area contributed by atoms with Crippen molar-refractivity contribution in [2.24, 2.45) is 5.41 Å². The fourth-order valence-electron chi connectivity index (χ4n) is 1.63. The van der Waals surface area contributed by atoms with Crippen molar-refractivity contribution in [3.8, 4) is 0 Å². The minimum absolute atomic E-state index is 0.0367. The molecule has 0 bridgehead atoms. The van der Waals surface area contributed by atoms with Crippen LogP contribution in [0.25, 0.3) is 0 Å². The van der Waals surface area contributed by atoms with E-state index in [4.69, 9.17) is 10.7 Å². The molecule has 1 unspecified atom stereocenters. The summed E-state index contributed by atoms with van der Waals surface area (Å²) in [4.78, 5) is 11.8. The molecule has 0 aliphatic rings. The van der Waals surface area contributed by atoms with E-state index in [0.717, 1.165) is 12.1 Å². The summed E-state index contributed by atoms with van der Waals surface area (Å²) in [5, 5.41) is 2.74. The lowest BCUT2D eigenvalue weighted by Crippen LogP contribution is -2.41. The van der Waals surface area contributed by atoms with Crippen molar-refractivity contribution >= 4 is 25.6 Å². The fraction of sp³-hybridized carbons (Fsp3) is 0.500. The maximum atomic E-state index is 13.6. The van der Waals surface area contributed by atoms with E-state index in [9.17, 15) is 17.6 Å². The van der Waals surface area contributed by atoms with Crippen LogP contribution < -0.4 is 5.32 Å². The zero-order chi connectivity index (χ0) is 16.6. The predicted molar refractivity (Wildman–Crippen MR) is 80.6 cm³/mol. The Morgan fingerprint density at radius 3 is 2.29 bits per heavy atom. The topological polar surface area (TPSA) is 63.2 Å². The molecule has 1 atom stereocenters. The third-order valence-electron chi connectivity index (χ3n) is 3.48. The molecule has 4 nitrogen and oxygen atoms in total. The fourth-order valence-corrected chi connectivity index (χ4v) is 2.84. The molecule has 1 aromatic carbocycles. The number of halogens is 2. The highest BCUT2D eigenvalue weighted by molar-refractivity contribution is 8.13. The molecule has 0 saturated carbocycles. The molecule has 1 rings (SSSR count). The molecule has 0 aliphatic heterocycles. The van der Waals surface area contributed by atoms with Crippen molar-refractivity contribution in [1.82, 2.24) is 5.32 Å². The molecule has 1 N–H and O–H groups in total. The number of hydrogen-bond donors (Lipinski definition) is 1. The smallest absolute Gasteiger partial charge is 0.261 e. The Balaban J connectivity index is 3.26. The molecule has 0 aromatic heterocycles. The van der Waals surface area contributed by atoms with Crippen molar-refractivity contribution in [2.45, 2.75) is 45.6 Å². The summed E-state index contributed by atoms with van der Waals surface area (Å²) < 4.78 is 36.4. The van der Waals surface area contributed by atoms with Gasteiger partial charge in [0, 0.05) is 22.3 Å². The first kappa shape index (κ1) is 17.9. The molecule has 0 radical (unpaired) electrons. The van der Waals surface area contributed by atoms with Gasteiger partial charge in [0.05, 0.1) is 4.90 Å². The summed E-state index contributed by atoms with van der Waals surface area (Å²) in [5.74, 6) is -1.36. The Labute approximate surface area is 129 Å². The largest absolute Gasteiger partial charge is 0.349 e. The van der Waals surface area contributed by atoms with E-state index in [-0.39, 0.29) is 22.6 Å². The predicted octanol–water partition coefficient (Wildman–Crippen LogP) is 3.23. The Kier molecular flexibility index (Phi) is 5.05. The third-order valence-corrected chi connectivity index (χ3v) is 4.93. The lowest BCUT2D eigenvalue weighted by Gasteiger charge is -2.28. The van der Waals surface area contributed by atoms with E-state index < -0.39 is 25.7 Å². The molecule has 0 aliphatic carbocycles. The zero-order valence-electron chi connectivity index (χ0n) is 12.6. The van der Waals surface area contributed by atoms with Crippen LogP contribution in [0.2, 0.25) is 0 Å². The average molecular weight is 336 g/mol. The molecule has 0 fully saturated rings. The quantitative estimate of drug-likeness (QED) is 0.862. The maximum absolute atomic E-state index is 13.6. The van der Waals surface area contributed by atoms with Gasteiger partial charge in [0.25, 0.3) is 15.0 Å². The molecule has 0 heterocycles. The summed E-state index contributed by atoms with van der Waals surface area (Å²) in [7, 11) is 1.15. The average Bonchev–Trinajstić information content (AvgIpc) is 2.28. The molecular weight excluding hydrogens is 317 g/mol. The number of carbonyl (C=O) groups excluding carboxylic acids is 1. The number of benzene rings is 1. The van der Waals surface area contributed by atoms with Gasteiger partial charge in [-0.25, -0.2) is 12.8 Å². The van der Waals surface area contributed by atoms with Crippen LogP contribution in [0.3, 0.4) is 0 Å². The van der Waals surface area contributed by atoms with Crippen LogP contribution in [0, 0.1) is 18.2 Å². The van der Waals surface area contributed by atoms with Gasteiger partial charge in [0.15, 0.2) is 0 Å². The Morgan fingerprint density at radius 2 is 1.86 bits per heavy atom. The van der Waals surface area contributed by atoms with E-state index in [1.165, 1.54) is 6.92 Å². The van der Waals surface area contributed by atoms with Crippen LogP contribution in [0.15, 0.2) is 17.0 Å². The van der Waals surface area contributed by atoms with E-state index >= 15 is 0 Å². The van der Waals surface area contributed by atoms with Gasteiger partial charge in [-0.2, -0.15) is 0 Å². The summed E-state index contributed by atoms with van der Waals surface area (Å²) in [6.07, 6.45) is 0. The summed E-state index contributed by atoms with van der Waals surface area (Å²) in [5.41, 5.74) is -0.0894. The van der Waals surface area contributed by atoms with Crippen molar-refractivity contribution in [3.63, 3.8) is 0 Å². The number of amides is 1. The van der Waals surface area contributed by atoms with Crippen LogP contribution >= 0.6 is 10.7 Å². The van der Waals surface area contributed by atoms with Gasteiger partial charge in [-0.05, 0) is 37.0 Å². The minimum atomic E-state index is -4.12. The van der Waals surface area contributed by atoms with E-state index in [1.807, 2.05) is 27.7 Å². The summed E-state index contributed by atoms with van der Waals surface area (Å²) >= 11 is 0. The molecule has 0 saturated heterocycles. The van der Waals surface area contributed by atoms with Gasteiger partial charge in [0.1, 0.15) is 5.82 Å². The second-order valence-corrected chi connectivity index (χ2v) is 8.61. The SMILES string of the molecule is Cc1c(C(=O)NC(C)C(C)(C)C)cc(F)cc1S(=O)(=O)Cl. The van der Waals surface area contributed by atoms with Crippen molar-refractivity contribution in [3.05, 3.63) is 29.1 Å². The highest BCUT2D eigenvalue weighted by atomic mass is 35.7. The second-order valence-electron chi connectivity index (χ2n) is 6.08. The molecule has 21 heavy (non-hydrogen) atoms. The first-order chi connectivity index (χ1) is 9.34. The third kappa shape index (κ3) is 4.41. The molecule has 118 valence electrons. The monoisotopic (exact) mass is 335 g/mol. The van der Waals surface area contributed by atoms with Crippen LogP contribution in [-0.4, -0.2) is 20.4 Å². The lowest BCUT2D eigenvalue weighted by molar-refractivity contribution is 0.0908. The van der Waals surface area contributed by atoms with Crippen molar-refractivity contribution in [2.75, 3.05) is 0 Å². The molecule has 7 heteroatoms. The number of nitrogens with one attached hydrogen (secondary N) is 1. The molecule has 0 spiro atoms. The number of rotatable bonds is 3. The van der Waals surface area contributed by atoms with E-state index in [0.29, 0.717) is 0 Å². The van der Waals surface area contributed by atoms with E-state index in [2.05, 4.69) is 5.32 Å². The second kappa shape index (κ2) is 5.93. The van der Waals surface area contributed by atoms with Crippen LogP contribution in [0.4, 0.5) is 4.39 Å². The summed E-state index contributed by atoms with van der Waals surface area (Å²) in [6.45, 7) is 9.10. The van der Waals surface area contributed by atoms with Gasteiger partial charge >= 0.3 is 0 Å². The van der Waals surface area contributed by atoms with Crippen molar-refractivity contribution < 1.29 is 17.6 Å². The van der Waals surface area contributed by atoms with E-state index in [1.54, 1.807) is 0 Å². The lowest BCUT2D eigenvalue weighted by atomic mass is 9.88. The minimum Gasteiger partial charge on any atom is -0.349 e. The molecule has 1 aromatic rings. The van der Waals surface area contributed by atoms with Crippen LogP contribution in [0.1, 0.15) is 43.6 Å². The standard InChI is InChI=1S/C14H19ClFNO3S/c1-8-11(13(18)17-9(2)14(3,4)5)6-10(16)7-12(8)21(15,19)20/h6-7,9H,1-5H3,(H,17,18). The number of hydrogen-bond acceptors (Lipinski definition) is 3. The van der Waals surface area contributed by atoms with Gasteiger partial charge in [-0.15, -0.1) is 0 Å². The highest BCUT2D eigenvalue weighted by Crippen LogP contribution is 2.25. The molecule has 1 amide bonds. The highest BCUT2D eigenvalue weighted by Gasteiger charge is 2.25. The first-order valence-electron chi connectivity index (χ1n) is 6.39. The van der Waals surface area contributed by atoms with Crippen LogP contribution in [0.5, 0.6) is 0 Å².